The van der Waals surface area contributed by atoms with E-state index in [1.54, 1.807) is 0 Å². The zero-order chi connectivity index (χ0) is 16.0. The lowest BCUT2D eigenvalue weighted by molar-refractivity contribution is 0.590. The first-order valence-corrected chi connectivity index (χ1v) is 8.18. The van der Waals surface area contributed by atoms with Crippen molar-refractivity contribution in [1.82, 2.24) is 15.2 Å². The predicted octanol–water partition coefficient (Wildman–Crippen LogP) is 3.36. The van der Waals surface area contributed by atoms with Crippen LogP contribution in [-0.4, -0.2) is 21.7 Å². The molecule has 1 aromatic heterocycles. The molecular weight excluding hydrogens is 272 g/mol. The number of nitrogens with two attached hydrogens (primary N) is 1. The molecule has 0 fully saturated rings. The Morgan fingerprint density at radius 2 is 1.77 bits per heavy atom. The van der Waals surface area contributed by atoms with Crippen molar-refractivity contribution in [3.8, 4) is 0 Å². The van der Waals surface area contributed by atoms with Gasteiger partial charge in [0.1, 0.15) is 5.82 Å². The minimum atomic E-state index is 0.196. The molecule has 2 aromatic rings. The maximum Gasteiger partial charge on any atom is 0.150 e. The van der Waals surface area contributed by atoms with Gasteiger partial charge in [-0.1, -0.05) is 51.5 Å². The molecule has 0 spiro atoms. The summed E-state index contributed by atoms with van der Waals surface area (Å²) in [5.41, 5.74) is 8.31. The monoisotopic (exact) mass is 300 g/mol. The molecule has 3 N–H and O–H groups in total. The number of H-pyrrole nitrogens is 1. The second-order valence-electron chi connectivity index (χ2n) is 6.92. The third-order valence-electron chi connectivity index (χ3n) is 3.87. The number of benzene rings is 1. The quantitative estimate of drug-likeness (QED) is 0.770. The van der Waals surface area contributed by atoms with Crippen LogP contribution in [0.15, 0.2) is 24.3 Å². The van der Waals surface area contributed by atoms with Crippen LogP contribution in [-0.2, 0) is 18.3 Å². The van der Waals surface area contributed by atoms with Crippen molar-refractivity contribution in [3.05, 3.63) is 47.0 Å². The molecule has 0 aliphatic heterocycles. The van der Waals surface area contributed by atoms with Crippen molar-refractivity contribution in [2.45, 2.75) is 58.3 Å². The van der Waals surface area contributed by atoms with Gasteiger partial charge < -0.3 is 5.73 Å². The average molecular weight is 300 g/mol. The number of nitrogens with zero attached hydrogens (tertiary/aromatic N) is 2. The van der Waals surface area contributed by atoms with Crippen molar-refractivity contribution >= 4 is 0 Å². The van der Waals surface area contributed by atoms with E-state index in [2.05, 4.69) is 60.2 Å². The number of unbranched alkanes of at least 4 members (excludes halogenated alkanes) is 2. The largest absolute Gasteiger partial charge is 0.330 e. The van der Waals surface area contributed by atoms with E-state index in [4.69, 9.17) is 5.73 Å². The summed E-state index contributed by atoms with van der Waals surface area (Å²) in [6.45, 7) is 7.46. The van der Waals surface area contributed by atoms with Gasteiger partial charge in [-0.15, -0.1) is 0 Å². The first-order chi connectivity index (χ1) is 10.5. The van der Waals surface area contributed by atoms with Crippen LogP contribution in [0.5, 0.6) is 0 Å². The molecule has 0 aliphatic rings. The van der Waals surface area contributed by atoms with Crippen LogP contribution in [0.2, 0.25) is 0 Å². The highest BCUT2D eigenvalue weighted by Gasteiger charge is 2.13. The summed E-state index contributed by atoms with van der Waals surface area (Å²) in [4.78, 5) is 4.58. The molecule has 1 aromatic carbocycles. The van der Waals surface area contributed by atoms with Crippen LogP contribution in [0, 0.1) is 0 Å². The van der Waals surface area contributed by atoms with Crippen LogP contribution in [0.25, 0.3) is 0 Å². The predicted molar refractivity (Wildman–Crippen MR) is 90.9 cm³/mol. The summed E-state index contributed by atoms with van der Waals surface area (Å²) in [7, 11) is 0. The van der Waals surface area contributed by atoms with E-state index in [-0.39, 0.29) is 5.41 Å². The molecule has 1 heterocycles. The molecule has 120 valence electrons. The fraction of sp³-hybridized carbons (Fsp3) is 0.556. The van der Waals surface area contributed by atoms with Gasteiger partial charge in [-0.2, -0.15) is 5.10 Å². The Labute approximate surface area is 133 Å². The lowest BCUT2D eigenvalue weighted by atomic mass is 9.86. The van der Waals surface area contributed by atoms with E-state index in [9.17, 15) is 0 Å². The van der Waals surface area contributed by atoms with Gasteiger partial charge in [-0.25, -0.2) is 4.98 Å². The Morgan fingerprint density at radius 3 is 2.41 bits per heavy atom. The molecule has 0 unspecified atom stereocenters. The summed E-state index contributed by atoms with van der Waals surface area (Å²) >= 11 is 0. The molecule has 0 saturated heterocycles. The maximum atomic E-state index is 5.50. The van der Waals surface area contributed by atoms with E-state index >= 15 is 0 Å². The molecule has 4 nitrogen and oxygen atoms in total. The standard InChI is InChI=1S/C18H28N4/c1-18(2,3)15-10-8-14(9-11-15)13-17-20-16(21-22-17)7-5-4-6-12-19/h8-11H,4-7,12-13,19H2,1-3H3,(H,20,21,22). The van der Waals surface area contributed by atoms with Crippen molar-refractivity contribution in [2.75, 3.05) is 6.54 Å². The van der Waals surface area contributed by atoms with Gasteiger partial charge in [-0.05, 0) is 35.9 Å². The highest BCUT2D eigenvalue weighted by molar-refractivity contribution is 5.28. The second-order valence-corrected chi connectivity index (χ2v) is 6.92. The SMILES string of the molecule is CC(C)(C)c1ccc(Cc2nc(CCCCCN)n[nH]2)cc1. The number of nitrogens with one attached hydrogen (secondary N) is 1. The first-order valence-electron chi connectivity index (χ1n) is 8.18. The topological polar surface area (TPSA) is 67.6 Å². The third-order valence-corrected chi connectivity index (χ3v) is 3.87. The maximum absolute atomic E-state index is 5.50. The summed E-state index contributed by atoms with van der Waals surface area (Å²) < 4.78 is 0. The van der Waals surface area contributed by atoms with E-state index in [0.29, 0.717) is 0 Å². The average Bonchev–Trinajstić information content (AvgIpc) is 2.91. The van der Waals surface area contributed by atoms with Crippen LogP contribution in [0.3, 0.4) is 0 Å². The summed E-state index contributed by atoms with van der Waals surface area (Å²) in [5.74, 6) is 1.86. The van der Waals surface area contributed by atoms with Gasteiger partial charge in [0.15, 0.2) is 5.82 Å². The van der Waals surface area contributed by atoms with Gasteiger partial charge >= 0.3 is 0 Å². The lowest BCUT2D eigenvalue weighted by Gasteiger charge is -2.19. The molecule has 0 aliphatic carbocycles. The Hall–Kier alpha value is -1.68. The van der Waals surface area contributed by atoms with E-state index < -0.39 is 0 Å². The summed E-state index contributed by atoms with van der Waals surface area (Å²) in [6.07, 6.45) is 5.07. The molecule has 22 heavy (non-hydrogen) atoms. The highest BCUT2D eigenvalue weighted by atomic mass is 15.2. The fourth-order valence-corrected chi connectivity index (χ4v) is 2.45. The third kappa shape index (κ3) is 4.95. The Balaban J connectivity index is 1.90. The van der Waals surface area contributed by atoms with Crippen LogP contribution < -0.4 is 5.73 Å². The number of rotatable bonds is 7. The zero-order valence-electron chi connectivity index (χ0n) is 14.0. The number of aryl methyl sites for hydroxylation is 1. The van der Waals surface area contributed by atoms with Gasteiger partial charge in [0, 0.05) is 12.8 Å². The van der Waals surface area contributed by atoms with Crippen molar-refractivity contribution in [2.24, 2.45) is 5.73 Å². The van der Waals surface area contributed by atoms with Crippen LogP contribution in [0.1, 0.15) is 62.8 Å². The van der Waals surface area contributed by atoms with E-state index in [0.717, 1.165) is 50.3 Å². The van der Waals surface area contributed by atoms with Crippen LogP contribution >= 0.6 is 0 Å². The molecule has 0 saturated carbocycles. The van der Waals surface area contributed by atoms with Crippen molar-refractivity contribution in [1.29, 1.82) is 0 Å². The summed E-state index contributed by atoms with van der Waals surface area (Å²) in [6, 6.07) is 8.78. The highest BCUT2D eigenvalue weighted by Crippen LogP contribution is 2.22. The smallest absolute Gasteiger partial charge is 0.150 e. The molecule has 0 bridgehead atoms. The van der Waals surface area contributed by atoms with Gasteiger partial charge in [0.2, 0.25) is 0 Å². The van der Waals surface area contributed by atoms with E-state index in [1.807, 2.05) is 0 Å². The number of aromatic amines is 1. The molecule has 2 rings (SSSR count). The summed E-state index contributed by atoms with van der Waals surface area (Å²) in [5, 5.41) is 7.35. The van der Waals surface area contributed by atoms with Crippen LogP contribution in [0.4, 0.5) is 0 Å². The fourth-order valence-electron chi connectivity index (χ4n) is 2.45. The minimum absolute atomic E-state index is 0.196. The van der Waals surface area contributed by atoms with Gasteiger partial charge in [-0.3, -0.25) is 5.10 Å². The number of hydrogen-bond acceptors (Lipinski definition) is 3. The Morgan fingerprint density at radius 1 is 1.05 bits per heavy atom. The van der Waals surface area contributed by atoms with Crippen molar-refractivity contribution < 1.29 is 0 Å². The zero-order valence-corrected chi connectivity index (χ0v) is 14.0. The number of aromatic nitrogens is 3. The molecule has 0 radical (unpaired) electrons. The normalized spacial score (nSPS) is 11.8. The first kappa shape index (κ1) is 16.7. The minimum Gasteiger partial charge on any atom is -0.330 e. The lowest BCUT2D eigenvalue weighted by Crippen LogP contribution is -2.10. The number of hydrogen-bond donors (Lipinski definition) is 2. The van der Waals surface area contributed by atoms with Gasteiger partial charge in [0.05, 0.1) is 0 Å². The van der Waals surface area contributed by atoms with E-state index in [1.165, 1.54) is 11.1 Å². The second kappa shape index (κ2) is 7.54. The molecule has 4 heteroatoms. The van der Waals surface area contributed by atoms with Crippen molar-refractivity contribution in [3.63, 3.8) is 0 Å². The Kier molecular flexibility index (Phi) is 5.72. The van der Waals surface area contributed by atoms with Gasteiger partial charge in [0.25, 0.3) is 0 Å². The molecule has 0 amide bonds. The molecular formula is C18H28N4. The molecule has 0 atom stereocenters. The Bertz CT molecular complexity index is 564.